The Kier molecular flexibility index (Phi) is 2.56. The molecule has 5 heteroatoms. The summed E-state index contributed by atoms with van der Waals surface area (Å²) in [4.78, 5) is 11.3. The Morgan fingerprint density at radius 1 is 1.67 bits per heavy atom. The van der Waals surface area contributed by atoms with Gasteiger partial charge in [-0.2, -0.15) is 5.10 Å². The van der Waals surface area contributed by atoms with Crippen molar-refractivity contribution in [3.63, 3.8) is 0 Å². The van der Waals surface area contributed by atoms with Gasteiger partial charge in [0.25, 0.3) is 5.56 Å². The standard InChI is InChI=1S/C10H14ClN3O/c1-14-9(15)8(11)6-7(13-14)2-3-10(12)4-5-10/h6H,2-5,12H2,1H3. The first-order valence-electron chi connectivity index (χ1n) is 5.02. The Morgan fingerprint density at radius 3 is 2.87 bits per heavy atom. The van der Waals surface area contributed by atoms with Crippen LogP contribution >= 0.6 is 11.6 Å². The molecule has 0 atom stereocenters. The Labute approximate surface area is 93.0 Å². The van der Waals surface area contributed by atoms with E-state index in [0.29, 0.717) is 0 Å². The lowest BCUT2D eigenvalue weighted by molar-refractivity contribution is 0.585. The molecule has 0 saturated heterocycles. The molecule has 0 spiro atoms. The number of nitrogens with two attached hydrogens (primary N) is 1. The molecule has 82 valence electrons. The van der Waals surface area contributed by atoms with Crippen LogP contribution in [-0.4, -0.2) is 15.3 Å². The highest BCUT2D eigenvalue weighted by Gasteiger charge is 2.37. The van der Waals surface area contributed by atoms with Gasteiger partial charge < -0.3 is 5.73 Å². The SMILES string of the molecule is Cn1nc(CCC2(N)CC2)cc(Cl)c1=O. The van der Waals surface area contributed by atoms with Gasteiger partial charge in [-0.1, -0.05) is 11.6 Å². The molecule has 0 radical (unpaired) electrons. The fourth-order valence-corrected chi connectivity index (χ4v) is 1.79. The third kappa shape index (κ3) is 2.38. The topological polar surface area (TPSA) is 60.9 Å². The van der Waals surface area contributed by atoms with Crippen molar-refractivity contribution in [1.82, 2.24) is 9.78 Å². The molecule has 0 unspecified atom stereocenters. The van der Waals surface area contributed by atoms with E-state index in [1.165, 1.54) is 4.68 Å². The lowest BCUT2D eigenvalue weighted by Crippen LogP contribution is -2.24. The summed E-state index contributed by atoms with van der Waals surface area (Å²) in [5, 5.41) is 4.35. The van der Waals surface area contributed by atoms with Gasteiger partial charge in [0.15, 0.2) is 0 Å². The minimum absolute atomic E-state index is 0.0167. The third-order valence-electron chi connectivity index (χ3n) is 2.84. The lowest BCUT2D eigenvalue weighted by atomic mass is 10.1. The average Bonchev–Trinajstić information content (AvgIpc) is 2.90. The zero-order valence-electron chi connectivity index (χ0n) is 8.66. The molecule has 1 aliphatic rings. The van der Waals surface area contributed by atoms with Crippen LogP contribution in [-0.2, 0) is 13.5 Å². The quantitative estimate of drug-likeness (QED) is 0.833. The summed E-state index contributed by atoms with van der Waals surface area (Å²) in [6, 6.07) is 1.63. The Hall–Kier alpha value is -0.870. The molecular formula is C10H14ClN3O. The van der Waals surface area contributed by atoms with Gasteiger partial charge in [-0.3, -0.25) is 4.79 Å². The largest absolute Gasteiger partial charge is 0.325 e. The van der Waals surface area contributed by atoms with Crippen molar-refractivity contribution in [1.29, 1.82) is 0 Å². The monoisotopic (exact) mass is 227 g/mol. The molecule has 0 aromatic carbocycles. The summed E-state index contributed by atoms with van der Waals surface area (Å²) < 4.78 is 1.27. The van der Waals surface area contributed by atoms with E-state index >= 15 is 0 Å². The molecule has 15 heavy (non-hydrogen) atoms. The van der Waals surface area contributed by atoms with E-state index in [9.17, 15) is 4.79 Å². The second kappa shape index (κ2) is 3.61. The van der Waals surface area contributed by atoms with E-state index in [2.05, 4.69) is 5.10 Å². The van der Waals surface area contributed by atoms with Crippen molar-refractivity contribution in [3.8, 4) is 0 Å². The fourth-order valence-electron chi connectivity index (χ4n) is 1.54. The van der Waals surface area contributed by atoms with Crippen LogP contribution in [0, 0.1) is 0 Å². The fraction of sp³-hybridized carbons (Fsp3) is 0.600. The molecule has 1 saturated carbocycles. The van der Waals surface area contributed by atoms with Gasteiger partial charge in [-0.05, 0) is 31.7 Å². The van der Waals surface area contributed by atoms with E-state index in [1.54, 1.807) is 13.1 Å². The minimum Gasteiger partial charge on any atom is -0.325 e. The van der Waals surface area contributed by atoms with Gasteiger partial charge in [0.1, 0.15) is 5.02 Å². The summed E-state index contributed by atoms with van der Waals surface area (Å²) in [6.45, 7) is 0. The first-order valence-corrected chi connectivity index (χ1v) is 5.40. The van der Waals surface area contributed by atoms with Crippen LogP contribution in [0.2, 0.25) is 5.02 Å². The summed E-state index contributed by atoms with van der Waals surface area (Å²) in [5.74, 6) is 0. The van der Waals surface area contributed by atoms with E-state index in [1.807, 2.05) is 0 Å². The molecule has 0 bridgehead atoms. The maximum atomic E-state index is 11.3. The van der Waals surface area contributed by atoms with Gasteiger partial charge in [0.2, 0.25) is 0 Å². The number of hydrogen-bond acceptors (Lipinski definition) is 3. The highest BCUT2D eigenvalue weighted by atomic mass is 35.5. The minimum atomic E-state index is -0.255. The van der Waals surface area contributed by atoms with Crippen LogP contribution in [0.25, 0.3) is 0 Å². The summed E-state index contributed by atoms with van der Waals surface area (Å²) in [6.07, 6.45) is 3.87. The molecule has 1 fully saturated rings. The second-order valence-electron chi connectivity index (χ2n) is 4.27. The summed E-state index contributed by atoms with van der Waals surface area (Å²) in [7, 11) is 1.60. The summed E-state index contributed by atoms with van der Waals surface area (Å²) in [5.41, 5.74) is 6.56. The first-order chi connectivity index (χ1) is 7.00. The van der Waals surface area contributed by atoms with Crippen LogP contribution in [0.3, 0.4) is 0 Å². The van der Waals surface area contributed by atoms with Crippen LogP contribution in [0.15, 0.2) is 10.9 Å². The Balaban J connectivity index is 2.11. The molecular weight excluding hydrogens is 214 g/mol. The van der Waals surface area contributed by atoms with Gasteiger partial charge in [0.05, 0.1) is 5.69 Å². The van der Waals surface area contributed by atoms with Gasteiger partial charge in [0, 0.05) is 12.6 Å². The third-order valence-corrected chi connectivity index (χ3v) is 3.11. The molecule has 2 N–H and O–H groups in total. The first kappa shape index (κ1) is 10.6. The molecule has 0 amide bonds. The van der Waals surface area contributed by atoms with E-state index < -0.39 is 0 Å². The number of aryl methyl sites for hydroxylation is 2. The molecule has 1 heterocycles. The second-order valence-corrected chi connectivity index (χ2v) is 4.68. The van der Waals surface area contributed by atoms with Gasteiger partial charge in [-0.25, -0.2) is 4.68 Å². The van der Waals surface area contributed by atoms with Crippen molar-refractivity contribution < 1.29 is 0 Å². The van der Waals surface area contributed by atoms with Gasteiger partial charge in [-0.15, -0.1) is 0 Å². The van der Waals surface area contributed by atoms with Crippen molar-refractivity contribution >= 4 is 11.6 Å². The highest BCUT2D eigenvalue weighted by Crippen LogP contribution is 2.36. The predicted molar refractivity (Wildman–Crippen MR) is 59.0 cm³/mol. The molecule has 0 aliphatic heterocycles. The van der Waals surface area contributed by atoms with Gasteiger partial charge >= 0.3 is 0 Å². The molecule has 1 aromatic heterocycles. The lowest BCUT2D eigenvalue weighted by Gasteiger charge is -2.08. The number of aromatic nitrogens is 2. The van der Waals surface area contributed by atoms with E-state index in [4.69, 9.17) is 17.3 Å². The molecule has 1 aromatic rings. The number of nitrogens with zero attached hydrogens (tertiary/aromatic N) is 2. The maximum Gasteiger partial charge on any atom is 0.285 e. The smallest absolute Gasteiger partial charge is 0.285 e. The number of hydrogen-bond donors (Lipinski definition) is 1. The Bertz CT molecular complexity index is 411. The van der Waals surface area contributed by atoms with Crippen molar-refractivity contribution in [2.24, 2.45) is 12.8 Å². The van der Waals surface area contributed by atoms with Crippen LogP contribution in [0.4, 0.5) is 0 Å². The van der Waals surface area contributed by atoms with Crippen LogP contribution in [0.1, 0.15) is 25.0 Å². The van der Waals surface area contributed by atoms with Crippen molar-refractivity contribution in [2.75, 3.05) is 0 Å². The Morgan fingerprint density at radius 2 is 2.33 bits per heavy atom. The predicted octanol–water partition coefficient (Wildman–Crippen LogP) is 0.858. The van der Waals surface area contributed by atoms with E-state index in [-0.39, 0.29) is 16.1 Å². The normalized spacial score (nSPS) is 17.8. The van der Waals surface area contributed by atoms with Crippen molar-refractivity contribution in [3.05, 3.63) is 27.1 Å². The summed E-state index contributed by atoms with van der Waals surface area (Å²) >= 11 is 5.78. The van der Waals surface area contributed by atoms with Crippen LogP contribution < -0.4 is 11.3 Å². The zero-order chi connectivity index (χ0) is 11.1. The maximum absolute atomic E-state index is 11.3. The number of halogens is 1. The van der Waals surface area contributed by atoms with Crippen LogP contribution in [0.5, 0.6) is 0 Å². The molecule has 1 aliphatic carbocycles. The number of rotatable bonds is 3. The molecule has 2 rings (SSSR count). The highest BCUT2D eigenvalue weighted by molar-refractivity contribution is 6.30. The zero-order valence-corrected chi connectivity index (χ0v) is 9.42. The van der Waals surface area contributed by atoms with Crippen molar-refractivity contribution in [2.45, 2.75) is 31.2 Å². The molecule has 4 nitrogen and oxygen atoms in total. The average molecular weight is 228 g/mol. The van der Waals surface area contributed by atoms with E-state index in [0.717, 1.165) is 31.4 Å².